The Morgan fingerprint density at radius 1 is 1.14 bits per heavy atom. The fourth-order valence-electron chi connectivity index (χ4n) is 2.78. The van der Waals surface area contributed by atoms with Gasteiger partial charge in [-0.15, -0.1) is 11.8 Å². The maximum absolute atomic E-state index is 12.9. The lowest BCUT2D eigenvalue weighted by Crippen LogP contribution is -2.28. The van der Waals surface area contributed by atoms with Gasteiger partial charge in [0.1, 0.15) is 5.82 Å². The van der Waals surface area contributed by atoms with Crippen molar-refractivity contribution in [2.24, 2.45) is 7.05 Å². The number of rotatable bonds is 7. The molecular weight excluding hydrogens is 384 g/mol. The fourth-order valence-corrected chi connectivity index (χ4v) is 3.63. The number of anilines is 1. The van der Waals surface area contributed by atoms with Crippen molar-refractivity contribution in [3.63, 3.8) is 0 Å². The molecule has 0 bridgehead atoms. The van der Waals surface area contributed by atoms with E-state index in [2.05, 4.69) is 10.3 Å². The van der Waals surface area contributed by atoms with Crippen molar-refractivity contribution in [2.75, 3.05) is 18.1 Å². The van der Waals surface area contributed by atoms with Crippen molar-refractivity contribution >= 4 is 29.3 Å². The van der Waals surface area contributed by atoms with Crippen molar-refractivity contribution < 1.29 is 9.59 Å². The number of aromatic nitrogens is 2. The number of nitrogens with one attached hydrogen (secondary N) is 1. The standard InChI is InChI=1S/C22H24N4O2S/c1-16-8-10-17(11-9-16)24-21(27)15-29-19-7-5-4-6-18(19)22(28)26(3)14-20-23-12-13-25(20)2/h4-13H,14-15H2,1-3H3,(H,24,27). The van der Waals surface area contributed by atoms with Crippen molar-refractivity contribution in [3.8, 4) is 0 Å². The van der Waals surface area contributed by atoms with E-state index in [1.54, 1.807) is 24.2 Å². The van der Waals surface area contributed by atoms with Crippen LogP contribution >= 0.6 is 11.8 Å². The van der Waals surface area contributed by atoms with Gasteiger partial charge in [0.2, 0.25) is 5.91 Å². The molecule has 1 N–H and O–H groups in total. The molecule has 0 spiro atoms. The van der Waals surface area contributed by atoms with E-state index in [0.29, 0.717) is 12.1 Å². The van der Waals surface area contributed by atoms with Crippen LogP contribution in [-0.2, 0) is 18.4 Å². The van der Waals surface area contributed by atoms with Crippen molar-refractivity contribution in [2.45, 2.75) is 18.4 Å². The van der Waals surface area contributed by atoms with Gasteiger partial charge in [-0.3, -0.25) is 9.59 Å². The zero-order chi connectivity index (χ0) is 20.8. The maximum Gasteiger partial charge on any atom is 0.255 e. The fraction of sp³-hybridized carbons (Fsp3) is 0.227. The summed E-state index contributed by atoms with van der Waals surface area (Å²) in [5, 5.41) is 2.88. The molecule has 1 aromatic heterocycles. The predicted octanol–water partition coefficient (Wildman–Crippen LogP) is 3.73. The summed E-state index contributed by atoms with van der Waals surface area (Å²) in [5.41, 5.74) is 2.48. The Bertz CT molecular complexity index is 998. The molecule has 1 heterocycles. The third kappa shape index (κ3) is 5.48. The molecule has 0 fully saturated rings. The average Bonchev–Trinajstić information content (AvgIpc) is 3.12. The molecule has 3 rings (SSSR count). The number of carbonyl (C=O) groups excluding carboxylic acids is 2. The second kappa shape index (κ2) is 9.43. The molecule has 29 heavy (non-hydrogen) atoms. The Kier molecular flexibility index (Phi) is 6.72. The number of thioether (sulfide) groups is 1. The molecule has 0 unspecified atom stereocenters. The van der Waals surface area contributed by atoms with Crippen LogP contribution in [0.25, 0.3) is 0 Å². The lowest BCUT2D eigenvalue weighted by Gasteiger charge is -2.18. The van der Waals surface area contributed by atoms with Gasteiger partial charge in [-0.1, -0.05) is 29.8 Å². The summed E-state index contributed by atoms with van der Waals surface area (Å²) in [5.74, 6) is 0.822. The summed E-state index contributed by atoms with van der Waals surface area (Å²) < 4.78 is 1.89. The lowest BCUT2D eigenvalue weighted by molar-refractivity contribution is -0.113. The summed E-state index contributed by atoms with van der Waals surface area (Å²) in [6.45, 7) is 2.41. The molecule has 0 saturated carbocycles. The van der Waals surface area contributed by atoms with Gasteiger partial charge in [0.25, 0.3) is 5.91 Å². The molecule has 150 valence electrons. The highest BCUT2D eigenvalue weighted by Crippen LogP contribution is 2.24. The Labute approximate surface area is 174 Å². The first-order chi connectivity index (χ1) is 13.9. The van der Waals surface area contributed by atoms with Crippen molar-refractivity contribution in [1.29, 1.82) is 0 Å². The van der Waals surface area contributed by atoms with Crippen LogP contribution < -0.4 is 5.32 Å². The van der Waals surface area contributed by atoms with Crippen molar-refractivity contribution in [3.05, 3.63) is 77.9 Å². The third-order valence-corrected chi connectivity index (χ3v) is 5.53. The topological polar surface area (TPSA) is 67.2 Å². The Morgan fingerprint density at radius 3 is 2.55 bits per heavy atom. The highest BCUT2D eigenvalue weighted by Gasteiger charge is 2.18. The van der Waals surface area contributed by atoms with Crippen LogP contribution in [0.3, 0.4) is 0 Å². The Hall–Kier alpha value is -3.06. The molecule has 0 radical (unpaired) electrons. The molecule has 0 atom stereocenters. The van der Waals surface area contributed by atoms with Crippen LogP contribution in [-0.4, -0.2) is 39.1 Å². The van der Waals surface area contributed by atoms with E-state index in [9.17, 15) is 9.59 Å². The minimum atomic E-state index is -0.109. The molecule has 2 amide bonds. The minimum Gasteiger partial charge on any atom is -0.337 e. The van der Waals surface area contributed by atoms with Gasteiger partial charge in [-0.2, -0.15) is 0 Å². The van der Waals surface area contributed by atoms with Crippen LogP contribution in [0.1, 0.15) is 21.7 Å². The van der Waals surface area contributed by atoms with Crippen LogP contribution in [0.5, 0.6) is 0 Å². The summed E-state index contributed by atoms with van der Waals surface area (Å²) in [6, 6.07) is 15.0. The highest BCUT2D eigenvalue weighted by atomic mass is 32.2. The predicted molar refractivity (Wildman–Crippen MR) is 116 cm³/mol. The number of aryl methyl sites for hydroxylation is 2. The zero-order valence-electron chi connectivity index (χ0n) is 16.8. The Balaban J connectivity index is 1.63. The van der Waals surface area contributed by atoms with Gasteiger partial charge >= 0.3 is 0 Å². The van der Waals surface area contributed by atoms with Gasteiger partial charge in [-0.25, -0.2) is 4.98 Å². The molecule has 6 nitrogen and oxygen atoms in total. The van der Waals surface area contributed by atoms with Crippen LogP contribution in [0, 0.1) is 6.92 Å². The number of amides is 2. The quantitative estimate of drug-likeness (QED) is 0.605. The molecular formula is C22H24N4O2S. The van der Waals surface area contributed by atoms with E-state index < -0.39 is 0 Å². The van der Waals surface area contributed by atoms with Gasteiger partial charge in [0.05, 0.1) is 17.9 Å². The van der Waals surface area contributed by atoms with E-state index in [1.165, 1.54) is 11.8 Å². The molecule has 0 aliphatic rings. The molecule has 0 aliphatic carbocycles. The minimum absolute atomic E-state index is 0.102. The van der Waals surface area contributed by atoms with Crippen LogP contribution in [0.15, 0.2) is 65.8 Å². The van der Waals surface area contributed by atoms with E-state index in [0.717, 1.165) is 22.0 Å². The SMILES string of the molecule is Cc1ccc(NC(=O)CSc2ccccc2C(=O)N(C)Cc2nccn2C)cc1. The number of benzene rings is 2. The molecule has 0 aliphatic heterocycles. The normalized spacial score (nSPS) is 10.6. The lowest BCUT2D eigenvalue weighted by atomic mass is 10.2. The van der Waals surface area contributed by atoms with Crippen molar-refractivity contribution in [1.82, 2.24) is 14.5 Å². The summed E-state index contributed by atoms with van der Waals surface area (Å²) >= 11 is 1.35. The molecule has 3 aromatic rings. The van der Waals surface area contributed by atoms with Crippen LogP contribution in [0.4, 0.5) is 5.69 Å². The van der Waals surface area contributed by atoms with Gasteiger partial charge in [0.15, 0.2) is 0 Å². The number of hydrogen-bond acceptors (Lipinski definition) is 4. The summed E-state index contributed by atoms with van der Waals surface area (Å²) in [6.07, 6.45) is 3.56. The molecule has 2 aromatic carbocycles. The van der Waals surface area contributed by atoms with Crippen LogP contribution in [0.2, 0.25) is 0 Å². The first-order valence-corrected chi connectivity index (χ1v) is 10.2. The van der Waals surface area contributed by atoms with Gasteiger partial charge in [-0.05, 0) is 31.2 Å². The first kappa shape index (κ1) is 20.7. The number of nitrogens with zero attached hydrogens (tertiary/aromatic N) is 3. The third-order valence-electron chi connectivity index (χ3n) is 4.46. The second-order valence-electron chi connectivity index (χ2n) is 6.81. The second-order valence-corrected chi connectivity index (χ2v) is 7.83. The van der Waals surface area contributed by atoms with Gasteiger partial charge in [0, 0.05) is 37.1 Å². The first-order valence-electron chi connectivity index (χ1n) is 9.24. The monoisotopic (exact) mass is 408 g/mol. The number of hydrogen-bond donors (Lipinski definition) is 1. The largest absolute Gasteiger partial charge is 0.337 e. The average molecular weight is 409 g/mol. The molecule has 0 saturated heterocycles. The molecule has 7 heteroatoms. The zero-order valence-corrected chi connectivity index (χ0v) is 17.6. The smallest absolute Gasteiger partial charge is 0.255 e. The van der Waals surface area contributed by atoms with E-state index in [-0.39, 0.29) is 17.6 Å². The van der Waals surface area contributed by atoms with E-state index >= 15 is 0 Å². The van der Waals surface area contributed by atoms with E-state index in [1.807, 2.05) is 67.2 Å². The van der Waals surface area contributed by atoms with E-state index in [4.69, 9.17) is 0 Å². The highest BCUT2D eigenvalue weighted by molar-refractivity contribution is 8.00. The summed E-state index contributed by atoms with van der Waals surface area (Å²) in [4.78, 5) is 31.9. The number of carbonyl (C=O) groups is 2. The Morgan fingerprint density at radius 2 is 1.86 bits per heavy atom. The number of imidazole rings is 1. The maximum atomic E-state index is 12.9. The summed E-state index contributed by atoms with van der Waals surface area (Å²) in [7, 11) is 3.65. The van der Waals surface area contributed by atoms with Gasteiger partial charge < -0.3 is 14.8 Å².